The van der Waals surface area contributed by atoms with Crippen molar-refractivity contribution in [1.82, 2.24) is 5.43 Å². The molecule has 3 aromatic carbocycles. The number of ether oxygens (including phenoxy) is 1. The molecule has 0 bridgehead atoms. The van der Waals surface area contributed by atoms with Crippen molar-refractivity contribution in [2.24, 2.45) is 5.10 Å². The second-order valence-corrected chi connectivity index (χ2v) is 6.73. The van der Waals surface area contributed by atoms with E-state index < -0.39 is 0 Å². The van der Waals surface area contributed by atoms with Gasteiger partial charge in [0.05, 0.1) is 5.71 Å². The minimum atomic E-state index is -0.265. The first kappa shape index (κ1) is 20.8. The first-order valence-corrected chi connectivity index (χ1v) is 9.51. The van der Waals surface area contributed by atoms with E-state index in [9.17, 15) is 9.59 Å². The van der Waals surface area contributed by atoms with Crippen LogP contribution in [0.5, 0.6) is 5.75 Å². The van der Waals surface area contributed by atoms with E-state index in [1.807, 2.05) is 61.5 Å². The third kappa shape index (κ3) is 6.04. The Morgan fingerprint density at radius 1 is 0.867 bits per heavy atom. The Kier molecular flexibility index (Phi) is 6.95. The van der Waals surface area contributed by atoms with Gasteiger partial charge in [-0.2, -0.15) is 5.10 Å². The average molecular weight is 401 g/mol. The van der Waals surface area contributed by atoms with Crippen molar-refractivity contribution < 1.29 is 14.3 Å². The van der Waals surface area contributed by atoms with E-state index in [4.69, 9.17) is 4.74 Å². The summed E-state index contributed by atoms with van der Waals surface area (Å²) in [6.07, 6.45) is 0. The van der Waals surface area contributed by atoms with E-state index in [1.54, 1.807) is 31.2 Å². The molecule has 30 heavy (non-hydrogen) atoms. The molecular formula is C24H23N3O3. The molecule has 3 rings (SSSR count). The molecule has 0 heterocycles. The number of nitrogens with one attached hydrogen (secondary N) is 2. The zero-order valence-corrected chi connectivity index (χ0v) is 16.9. The molecule has 0 aliphatic rings. The van der Waals surface area contributed by atoms with Gasteiger partial charge >= 0.3 is 0 Å². The summed E-state index contributed by atoms with van der Waals surface area (Å²) in [6.45, 7) is 3.68. The molecule has 6 heteroatoms. The predicted octanol–water partition coefficient (Wildman–Crippen LogP) is 4.17. The summed E-state index contributed by atoms with van der Waals surface area (Å²) in [5.41, 5.74) is 6.41. The second-order valence-electron chi connectivity index (χ2n) is 6.73. The highest BCUT2D eigenvalue weighted by Gasteiger charge is 2.06. The summed E-state index contributed by atoms with van der Waals surface area (Å²) in [4.78, 5) is 24.1. The number of rotatable bonds is 7. The molecule has 0 unspecified atom stereocenters. The molecule has 0 aromatic heterocycles. The van der Waals surface area contributed by atoms with Crippen molar-refractivity contribution in [2.75, 3.05) is 11.9 Å². The number of hydrazone groups is 1. The van der Waals surface area contributed by atoms with Crippen molar-refractivity contribution >= 4 is 23.2 Å². The van der Waals surface area contributed by atoms with Crippen LogP contribution < -0.4 is 15.5 Å². The molecule has 0 radical (unpaired) electrons. The molecule has 2 N–H and O–H groups in total. The van der Waals surface area contributed by atoms with Crippen molar-refractivity contribution in [3.63, 3.8) is 0 Å². The Hall–Kier alpha value is -3.93. The van der Waals surface area contributed by atoms with Crippen molar-refractivity contribution in [1.29, 1.82) is 0 Å². The summed E-state index contributed by atoms with van der Waals surface area (Å²) in [6, 6.07) is 23.6. The Morgan fingerprint density at radius 2 is 1.50 bits per heavy atom. The van der Waals surface area contributed by atoms with E-state index in [1.165, 1.54) is 0 Å². The third-order valence-electron chi connectivity index (χ3n) is 4.34. The molecule has 0 aliphatic carbocycles. The monoisotopic (exact) mass is 401 g/mol. The van der Waals surface area contributed by atoms with Gasteiger partial charge in [0.1, 0.15) is 5.75 Å². The Morgan fingerprint density at radius 3 is 2.17 bits per heavy atom. The summed E-state index contributed by atoms with van der Waals surface area (Å²) < 4.78 is 5.52. The van der Waals surface area contributed by atoms with Crippen LogP contribution in [-0.4, -0.2) is 24.1 Å². The lowest BCUT2D eigenvalue weighted by molar-refractivity contribution is -0.118. The van der Waals surface area contributed by atoms with E-state index >= 15 is 0 Å². The summed E-state index contributed by atoms with van der Waals surface area (Å²) in [7, 11) is 0. The SMILES string of the molecule is C/C(=N/NC(=O)c1ccc(C)cc1)c1ccc(OCC(=O)Nc2ccccc2)cc1. The lowest BCUT2D eigenvalue weighted by Gasteiger charge is -2.08. The molecule has 6 nitrogen and oxygen atoms in total. The molecule has 152 valence electrons. The summed E-state index contributed by atoms with van der Waals surface area (Å²) >= 11 is 0. The van der Waals surface area contributed by atoms with E-state index in [2.05, 4.69) is 15.8 Å². The number of nitrogens with zero attached hydrogens (tertiary/aromatic N) is 1. The normalized spacial score (nSPS) is 10.9. The maximum atomic E-state index is 12.1. The van der Waals surface area contributed by atoms with Crippen LogP contribution in [-0.2, 0) is 4.79 Å². The highest BCUT2D eigenvalue weighted by molar-refractivity contribution is 6.01. The number of anilines is 1. The van der Waals surface area contributed by atoms with Gasteiger partial charge in [-0.25, -0.2) is 5.43 Å². The van der Waals surface area contributed by atoms with Gasteiger partial charge in [-0.3, -0.25) is 9.59 Å². The number of carbonyl (C=O) groups is 2. The minimum Gasteiger partial charge on any atom is -0.484 e. The topological polar surface area (TPSA) is 79.8 Å². The van der Waals surface area contributed by atoms with Gasteiger partial charge in [0.15, 0.2) is 6.61 Å². The van der Waals surface area contributed by atoms with Crippen LogP contribution >= 0.6 is 0 Å². The van der Waals surface area contributed by atoms with Crippen LogP contribution in [0.15, 0.2) is 84.0 Å². The van der Waals surface area contributed by atoms with Crippen LogP contribution in [0.2, 0.25) is 0 Å². The Balaban J connectivity index is 1.51. The number of amides is 2. The number of hydrogen-bond donors (Lipinski definition) is 2. The molecule has 0 saturated heterocycles. The first-order valence-electron chi connectivity index (χ1n) is 9.51. The maximum Gasteiger partial charge on any atom is 0.271 e. The van der Waals surface area contributed by atoms with Crippen LogP contribution in [0.1, 0.15) is 28.4 Å². The number of aryl methyl sites for hydroxylation is 1. The quantitative estimate of drug-likeness (QED) is 0.461. The molecule has 0 saturated carbocycles. The van der Waals surface area contributed by atoms with Crippen LogP contribution in [0, 0.1) is 6.92 Å². The standard InChI is InChI=1S/C24H23N3O3/c1-17-8-10-20(11-9-17)24(29)27-26-18(2)19-12-14-22(15-13-19)30-16-23(28)25-21-6-4-3-5-7-21/h3-15H,16H2,1-2H3,(H,25,28)(H,27,29)/b26-18-. The van der Waals surface area contributed by atoms with Gasteiger partial charge in [-0.05, 0) is 67.9 Å². The Labute approximate surface area is 175 Å². The summed E-state index contributed by atoms with van der Waals surface area (Å²) in [5.74, 6) is 0.0685. The van der Waals surface area contributed by atoms with Gasteiger partial charge in [0.2, 0.25) is 0 Å². The minimum absolute atomic E-state index is 0.0894. The third-order valence-corrected chi connectivity index (χ3v) is 4.34. The van der Waals surface area contributed by atoms with Gasteiger partial charge in [-0.1, -0.05) is 35.9 Å². The predicted molar refractivity (Wildman–Crippen MR) is 118 cm³/mol. The zero-order valence-electron chi connectivity index (χ0n) is 16.9. The Bertz CT molecular complexity index is 1030. The molecule has 2 amide bonds. The first-order chi connectivity index (χ1) is 14.5. The van der Waals surface area contributed by atoms with Crippen LogP contribution in [0.25, 0.3) is 0 Å². The smallest absolute Gasteiger partial charge is 0.271 e. The number of benzene rings is 3. The molecule has 0 aliphatic heterocycles. The maximum absolute atomic E-state index is 12.1. The van der Waals surface area contributed by atoms with Gasteiger partial charge in [0, 0.05) is 11.3 Å². The number of carbonyl (C=O) groups excluding carboxylic acids is 2. The van der Waals surface area contributed by atoms with E-state index in [0.29, 0.717) is 17.0 Å². The van der Waals surface area contributed by atoms with Crippen molar-refractivity contribution in [3.05, 3.63) is 95.6 Å². The number of para-hydroxylation sites is 1. The van der Waals surface area contributed by atoms with E-state index in [0.717, 1.165) is 16.8 Å². The van der Waals surface area contributed by atoms with Crippen molar-refractivity contribution in [2.45, 2.75) is 13.8 Å². The fourth-order valence-corrected chi connectivity index (χ4v) is 2.63. The lowest BCUT2D eigenvalue weighted by atomic mass is 10.1. The fourth-order valence-electron chi connectivity index (χ4n) is 2.63. The van der Waals surface area contributed by atoms with Crippen LogP contribution in [0.4, 0.5) is 5.69 Å². The largest absolute Gasteiger partial charge is 0.484 e. The van der Waals surface area contributed by atoms with Crippen molar-refractivity contribution in [3.8, 4) is 5.75 Å². The van der Waals surface area contributed by atoms with Crippen LogP contribution in [0.3, 0.4) is 0 Å². The van der Waals surface area contributed by atoms with Gasteiger partial charge in [0.25, 0.3) is 11.8 Å². The lowest BCUT2D eigenvalue weighted by Crippen LogP contribution is -2.20. The molecule has 0 fully saturated rings. The average Bonchev–Trinajstić information content (AvgIpc) is 2.77. The molecule has 0 atom stereocenters. The van der Waals surface area contributed by atoms with Gasteiger partial charge < -0.3 is 10.1 Å². The number of hydrogen-bond acceptors (Lipinski definition) is 4. The fraction of sp³-hybridized carbons (Fsp3) is 0.125. The molecule has 0 spiro atoms. The summed E-state index contributed by atoms with van der Waals surface area (Å²) in [5, 5.41) is 6.92. The van der Waals surface area contributed by atoms with Gasteiger partial charge in [-0.15, -0.1) is 0 Å². The van der Waals surface area contributed by atoms with E-state index in [-0.39, 0.29) is 18.4 Å². The highest BCUT2D eigenvalue weighted by atomic mass is 16.5. The molecular weight excluding hydrogens is 378 g/mol. The molecule has 3 aromatic rings. The highest BCUT2D eigenvalue weighted by Crippen LogP contribution is 2.13. The second kappa shape index (κ2) is 10.0. The zero-order chi connectivity index (χ0) is 21.3.